The number of hydrogen-bond donors (Lipinski definition) is 0. The molecule has 0 aliphatic carbocycles. The van der Waals surface area contributed by atoms with Crippen LogP contribution in [0.15, 0.2) is 41.4 Å². The Morgan fingerprint density at radius 3 is 2.83 bits per heavy atom. The van der Waals surface area contributed by atoms with E-state index in [-0.39, 0.29) is 24.2 Å². The maximum atomic E-state index is 12.5. The highest BCUT2D eigenvalue weighted by atomic mass is 79.9. The van der Waals surface area contributed by atoms with Crippen LogP contribution < -0.4 is 0 Å². The topological polar surface area (TPSA) is 38.8 Å². The number of piperidine rings is 1. The highest BCUT2D eigenvalue weighted by molar-refractivity contribution is 9.10. The van der Waals surface area contributed by atoms with Gasteiger partial charge in [-0.15, -0.1) is 6.58 Å². The zero-order valence-corrected chi connectivity index (χ0v) is 15.6. The highest BCUT2D eigenvalue weighted by Gasteiger charge is 2.45. The molecule has 1 aromatic carbocycles. The second kappa shape index (κ2) is 7.81. The summed E-state index contributed by atoms with van der Waals surface area (Å²) >= 11 is 3.50. The van der Waals surface area contributed by atoms with Crippen molar-refractivity contribution in [2.45, 2.75) is 38.0 Å². The van der Waals surface area contributed by atoms with E-state index in [0.29, 0.717) is 19.1 Å². The number of esters is 1. The summed E-state index contributed by atoms with van der Waals surface area (Å²) in [6, 6.07) is 8.54. The molecule has 0 N–H and O–H groups in total. The molecule has 2 fully saturated rings. The molecule has 4 nitrogen and oxygen atoms in total. The third-order valence-corrected chi connectivity index (χ3v) is 5.44. The van der Waals surface area contributed by atoms with Crippen LogP contribution >= 0.6 is 15.9 Å². The first-order chi connectivity index (χ1) is 11.6. The molecule has 2 saturated heterocycles. The van der Waals surface area contributed by atoms with Gasteiger partial charge >= 0.3 is 5.97 Å². The van der Waals surface area contributed by atoms with Gasteiger partial charge < -0.3 is 9.47 Å². The molecule has 0 saturated carbocycles. The number of ether oxygens (including phenoxy) is 2. The van der Waals surface area contributed by atoms with Crippen LogP contribution in [0.3, 0.4) is 0 Å². The summed E-state index contributed by atoms with van der Waals surface area (Å²) < 4.78 is 12.2. The lowest BCUT2D eigenvalue weighted by molar-refractivity contribution is -0.178. The van der Waals surface area contributed by atoms with E-state index in [1.54, 1.807) is 6.08 Å². The number of morpholine rings is 1. The van der Waals surface area contributed by atoms with Crippen molar-refractivity contribution in [2.75, 3.05) is 19.8 Å². The van der Waals surface area contributed by atoms with E-state index in [4.69, 9.17) is 9.47 Å². The number of halogens is 1. The number of carbonyl (C=O) groups excluding carboxylic acids is 1. The summed E-state index contributed by atoms with van der Waals surface area (Å²) in [6.45, 7) is 7.53. The van der Waals surface area contributed by atoms with Gasteiger partial charge in [0.25, 0.3) is 0 Å². The van der Waals surface area contributed by atoms with Crippen molar-refractivity contribution in [1.29, 1.82) is 0 Å². The van der Waals surface area contributed by atoms with E-state index in [0.717, 1.165) is 23.9 Å². The molecule has 0 radical (unpaired) electrons. The number of rotatable bonds is 5. The molecule has 4 atom stereocenters. The number of fused-ring (bicyclic) bond motifs is 1. The molecular formula is C19H24BrNO3. The summed E-state index contributed by atoms with van der Waals surface area (Å²) in [5.74, 6) is 0.394. The Labute approximate surface area is 151 Å². The zero-order valence-electron chi connectivity index (χ0n) is 14.0. The average molecular weight is 394 g/mol. The minimum absolute atomic E-state index is 0.109. The summed E-state index contributed by atoms with van der Waals surface area (Å²) in [6.07, 6.45) is 3.40. The molecule has 0 amide bonds. The molecule has 5 heteroatoms. The SMILES string of the molecule is C=CCOC[C@H]1CN2[C@@H](CC[C@@H](C)[C@@H]2c2ccc(Br)cc2)C(=O)O1. The molecule has 0 unspecified atom stereocenters. The van der Waals surface area contributed by atoms with E-state index >= 15 is 0 Å². The van der Waals surface area contributed by atoms with Crippen LogP contribution in [-0.2, 0) is 14.3 Å². The van der Waals surface area contributed by atoms with Crippen molar-refractivity contribution in [1.82, 2.24) is 4.90 Å². The monoisotopic (exact) mass is 393 g/mol. The number of carbonyl (C=O) groups is 1. The van der Waals surface area contributed by atoms with Crippen LogP contribution in [0.25, 0.3) is 0 Å². The van der Waals surface area contributed by atoms with Crippen molar-refractivity contribution in [2.24, 2.45) is 5.92 Å². The van der Waals surface area contributed by atoms with Crippen molar-refractivity contribution >= 4 is 21.9 Å². The third kappa shape index (κ3) is 3.73. The molecule has 2 aliphatic rings. The Morgan fingerprint density at radius 1 is 1.38 bits per heavy atom. The van der Waals surface area contributed by atoms with Crippen LogP contribution in [0, 0.1) is 5.92 Å². The maximum absolute atomic E-state index is 12.5. The highest BCUT2D eigenvalue weighted by Crippen LogP contribution is 2.41. The van der Waals surface area contributed by atoms with Crippen LogP contribution in [0.4, 0.5) is 0 Å². The first-order valence-electron chi connectivity index (χ1n) is 8.50. The molecule has 24 heavy (non-hydrogen) atoms. The van der Waals surface area contributed by atoms with Gasteiger partial charge in [-0.3, -0.25) is 9.69 Å². The van der Waals surface area contributed by atoms with E-state index in [1.165, 1.54) is 5.56 Å². The molecule has 2 aliphatic heterocycles. The third-order valence-electron chi connectivity index (χ3n) is 4.91. The van der Waals surface area contributed by atoms with Crippen molar-refractivity contribution in [3.8, 4) is 0 Å². The van der Waals surface area contributed by atoms with Crippen LogP contribution in [0.2, 0.25) is 0 Å². The quantitative estimate of drug-likeness (QED) is 0.434. The van der Waals surface area contributed by atoms with E-state index < -0.39 is 0 Å². The minimum Gasteiger partial charge on any atom is -0.457 e. The van der Waals surface area contributed by atoms with Gasteiger partial charge in [0.2, 0.25) is 0 Å². The number of nitrogens with zero attached hydrogens (tertiary/aromatic N) is 1. The molecule has 3 rings (SSSR count). The van der Waals surface area contributed by atoms with Crippen molar-refractivity contribution in [3.05, 3.63) is 47.0 Å². The molecule has 1 aromatic rings. The van der Waals surface area contributed by atoms with Gasteiger partial charge in [-0.2, -0.15) is 0 Å². The van der Waals surface area contributed by atoms with Gasteiger partial charge in [0.05, 0.1) is 13.2 Å². The van der Waals surface area contributed by atoms with Gasteiger partial charge in [-0.05, 0) is 36.5 Å². The van der Waals surface area contributed by atoms with Gasteiger partial charge in [0.15, 0.2) is 0 Å². The Hall–Kier alpha value is -1.17. The smallest absolute Gasteiger partial charge is 0.323 e. The molecule has 130 valence electrons. The predicted molar refractivity (Wildman–Crippen MR) is 96.7 cm³/mol. The summed E-state index contributed by atoms with van der Waals surface area (Å²) in [5, 5.41) is 0. The summed E-state index contributed by atoms with van der Waals surface area (Å²) in [4.78, 5) is 14.8. The van der Waals surface area contributed by atoms with Crippen molar-refractivity contribution < 1.29 is 14.3 Å². The lowest BCUT2D eigenvalue weighted by Gasteiger charge is -2.48. The van der Waals surface area contributed by atoms with Gasteiger partial charge in [0.1, 0.15) is 12.1 Å². The fourth-order valence-electron chi connectivity index (χ4n) is 3.82. The van der Waals surface area contributed by atoms with Gasteiger partial charge in [-0.25, -0.2) is 0 Å². The molecule has 0 bridgehead atoms. The van der Waals surface area contributed by atoms with E-state index in [9.17, 15) is 4.79 Å². The van der Waals surface area contributed by atoms with E-state index in [2.05, 4.69) is 58.6 Å². The lowest BCUT2D eigenvalue weighted by Crippen LogP contribution is -2.58. The fourth-order valence-corrected chi connectivity index (χ4v) is 4.09. The largest absolute Gasteiger partial charge is 0.457 e. The Bertz CT molecular complexity index is 589. The molecule has 0 spiro atoms. The average Bonchev–Trinajstić information content (AvgIpc) is 2.56. The number of cyclic esters (lactones) is 1. The van der Waals surface area contributed by atoms with Crippen LogP contribution in [-0.4, -0.2) is 42.8 Å². The number of benzene rings is 1. The fraction of sp³-hybridized carbons (Fsp3) is 0.526. The lowest BCUT2D eigenvalue weighted by atomic mass is 9.82. The normalized spacial score (nSPS) is 30.5. The molecule has 2 heterocycles. The molecular weight excluding hydrogens is 370 g/mol. The first kappa shape index (κ1) is 17.6. The maximum Gasteiger partial charge on any atom is 0.323 e. The minimum atomic E-state index is -0.211. The second-order valence-electron chi connectivity index (χ2n) is 6.65. The summed E-state index contributed by atoms with van der Waals surface area (Å²) in [5.41, 5.74) is 1.26. The molecule has 0 aromatic heterocycles. The second-order valence-corrected chi connectivity index (χ2v) is 7.56. The standard InChI is InChI=1S/C19H24BrNO3/c1-3-10-23-12-16-11-21-17(19(22)24-16)9-4-13(2)18(21)14-5-7-15(20)8-6-14/h3,5-8,13,16-18H,1,4,9-12H2,2H3/t13-,16-,17+,18-/m1/s1. The van der Waals surface area contributed by atoms with Crippen LogP contribution in [0.5, 0.6) is 0 Å². The summed E-state index contributed by atoms with van der Waals surface area (Å²) in [7, 11) is 0. The van der Waals surface area contributed by atoms with Gasteiger partial charge in [-0.1, -0.05) is 41.1 Å². The van der Waals surface area contributed by atoms with Crippen molar-refractivity contribution in [3.63, 3.8) is 0 Å². The van der Waals surface area contributed by atoms with Gasteiger partial charge in [0, 0.05) is 17.1 Å². The first-order valence-corrected chi connectivity index (χ1v) is 9.29. The zero-order chi connectivity index (χ0) is 17.1. The predicted octanol–water partition coefficient (Wildman–Crippen LogP) is 3.72. The Kier molecular flexibility index (Phi) is 5.74. The number of hydrogen-bond acceptors (Lipinski definition) is 4. The van der Waals surface area contributed by atoms with E-state index in [1.807, 2.05) is 0 Å². The van der Waals surface area contributed by atoms with Crippen LogP contribution in [0.1, 0.15) is 31.4 Å². The Morgan fingerprint density at radius 2 is 2.12 bits per heavy atom. The Balaban J connectivity index is 1.80.